The molecule has 2 aromatic carbocycles. The van der Waals surface area contributed by atoms with Crippen molar-refractivity contribution in [3.63, 3.8) is 0 Å². The maximum atomic E-state index is 12.3. The van der Waals surface area contributed by atoms with E-state index in [4.69, 9.17) is 21.1 Å². The molecule has 0 aliphatic carbocycles. The largest absolute Gasteiger partial charge is 0.497 e. The maximum absolute atomic E-state index is 12.3. The molecule has 0 radical (unpaired) electrons. The predicted molar refractivity (Wildman–Crippen MR) is 115 cm³/mol. The quantitative estimate of drug-likeness (QED) is 0.694. The highest BCUT2D eigenvalue weighted by Gasteiger charge is 2.21. The number of rotatable bonds is 8. The minimum Gasteiger partial charge on any atom is -0.497 e. The molecule has 0 unspecified atom stereocenters. The van der Waals surface area contributed by atoms with Crippen molar-refractivity contribution in [1.29, 1.82) is 0 Å². The molecule has 0 aromatic heterocycles. The van der Waals surface area contributed by atoms with Crippen molar-refractivity contribution < 1.29 is 19.1 Å². The van der Waals surface area contributed by atoms with Gasteiger partial charge >= 0.3 is 0 Å². The number of amides is 2. The van der Waals surface area contributed by atoms with E-state index < -0.39 is 0 Å². The Labute approximate surface area is 181 Å². The summed E-state index contributed by atoms with van der Waals surface area (Å²) in [5, 5.41) is 3.56. The standard InChI is InChI=1S/C22H26ClN3O4/c1-29-19-6-2-17(3-7-19)22(28)24-10-11-25-12-14-26(15-13-25)21(27)16-30-20-8-4-18(23)5-9-20/h2-9H,10-16H2,1H3,(H,24,28). The molecule has 7 nitrogen and oxygen atoms in total. The topological polar surface area (TPSA) is 71.1 Å². The van der Waals surface area contributed by atoms with E-state index in [-0.39, 0.29) is 18.4 Å². The van der Waals surface area contributed by atoms with Gasteiger partial charge < -0.3 is 19.7 Å². The molecule has 1 saturated heterocycles. The molecule has 1 aliphatic rings. The summed E-state index contributed by atoms with van der Waals surface area (Å²) in [7, 11) is 1.59. The van der Waals surface area contributed by atoms with Crippen molar-refractivity contribution >= 4 is 23.4 Å². The first-order chi connectivity index (χ1) is 14.5. The molecule has 2 aromatic rings. The van der Waals surface area contributed by atoms with E-state index in [1.807, 2.05) is 4.90 Å². The first kappa shape index (κ1) is 21.9. The number of carbonyl (C=O) groups excluding carboxylic acids is 2. The number of carbonyl (C=O) groups is 2. The van der Waals surface area contributed by atoms with Crippen LogP contribution in [0.15, 0.2) is 48.5 Å². The zero-order valence-corrected chi connectivity index (χ0v) is 17.7. The van der Waals surface area contributed by atoms with Crippen molar-refractivity contribution in [2.45, 2.75) is 0 Å². The van der Waals surface area contributed by atoms with Gasteiger partial charge in [0.2, 0.25) is 0 Å². The first-order valence-corrected chi connectivity index (χ1v) is 10.2. The number of hydrogen-bond acceptors (Lipinski definition) is 5. The highest BCUT2D eigenvalue weighted by atomic mass is 35.5. The van der Waals surface area contributed by atoms with Crippen LogP contribution < -0.4 is 14.8 Å². The summed E-state index contributed by atoms with van der Waals surface area (Å²) >= 11 is 5.84. The Morgan fingerprint density at radius 1 is 0.967 bits per heavy atom. The van der Waals surface area contributed by atoms with E-state index in [0.717, 1.165) is 25.4 Å². The average molecular weight is 432 g/mol. The molecule has 0 atom stereocenters. The Balaban J connectivity index is 1.33. The van der Waals surface area contributed by atoms with Crippen LogP contribution in [0, 0.1) is 0 Å². The molecule has 0 bridgehead atoms. The molecule has 30 heavy (non-hydrogen) atoms. The number of hydrogen-bond donors (Lipinski definition) is 1. The van der Waals surface area contributed by atoms with Gasteiger partial charge in [-0.3, -0.25) is 14.5 Å². The molecule has 0 saturated carbocycles. The zero-order valence-electron chi connectivity index (χ0n) is 17.0. The number of benzene rings is 2. The lowest BCUT2D eigenvalue weighted by atomic mass is 10.2. The van der Waals surface area contributed by atoms with Gasteiger partial charge in [-0.2, -0.15) is 0 Å². The molecule has 160 valence electrons. The third-order valence-electron chi connectivity index (χ3n) is 4.97. The van der Waals surface area contributed by atoms with Gasteiger partial charge in [-0.15, -0.1) is 0 Å². The van der Waals surface area contributed by atoms with E-state index in [0.29, 0.717) is 36.0 Å². The summed E-state index contributed by atoms with van der Waals surface area (Å²) in [4.78, 5) is 28.6. The average Bonchev–Trinajstić information content (AvgIpc) is 2.79. The lowest BCUT2D eigenvalue weighted by Crippen LogP contribution is -2.51. The molecule has 1 N–H and O–H groups in total. The normalized spacial score (nSPS) is 14.3. The van der Waals surface area contributed by atoms with Crippen LogP contribution in [0.3, 0.4) is 0 Å². The second-order valence-electron chi connectivity index (χ2n) is 6.95. The first-order valence-electron chi connectivity index (χ1n) is 9.86. The fourth-order valence-electron chi connectivity index (χ4n) is 3.16. The number of ether oxygens (including phenoxy) is 2. The molecule has 0 spiro atoms. The van der Waals surface area contributed by atoms with Crippen LogP contribution in [-0.2, 0) is 4.79 Å². The molecule has 1 aliphatic heterocycles. The number of nitrogens with one attached hydrogen (secondary N) is 1. The lowest BCUT2D eigenvalue weighted by molar-refractivity contribution is -0.135. The smallest absolute Gasteiger partial charge is 0.260 e. The second-order valence-corrected chi connectivity index (χ2v) is 7.39. The highest BCUT2D eigenvalue weighted by Crippen LogP contribution is 2.15. The number of piperazine rings is 1. The predicted octanol–water partition coefficient (Wildman–Crippen LogP) is 2.30. The Morgan fingerprint density at radius 2 is 1.60 bits per heavy atom. The molecule has 3 rings (SSSR count). The summed E-state index contributed by atoms with van der Waals surface area (Å²) in [5.74, 6) is 1.21. The van der Waals surface area contributed by atoms with Gasteiger partial charge in [0.15, 0.2) is 6.61 Å². The van der Waals surface area contributed by atoms with Crippen LogP contribution in [0.25, 0.3) is 0 Å². The number of halogens is 1. The van der Waals surface area contributed by atoms with Gasteiger partial charge in [0.05, 0.1) is 7.11 Å². The van der Waals surface area contributed by atoms with Gasteiger partial charge in [-0.1, -0.05) is 11.6 Å². The van der Waals surface area contributed by atoms with E-state index in [9.17, 15) is 9.59 Å². The third-order valence-corrected chi connectivity index (χ3v) is 5.22. The molecular formula is C22H26ClN3O4. The molecule has 8 heteroatoms. The fraction of sp³-hybridized carbons (Fsp3) is 0.364. The Kier molecular flexibility index (Phi) is 7.93. The summed E-state index contributed by atoms with van der Waals surface area (Å²) in [6.07, 6.45) is 0. The zero-order chi connectivity index (χ0) is 21.3. The Bertz CT molecular complexity index is 834. The second kappa shape index (κ2) is 10.8. The van der Waals surface area contributed by atoms with Gasteiger partial charge in [-0.25, -0.2) is 0 Å². The fourth-order valence-corrected chi connectivity index (χ4v) is 3.29. The van der Waals surface area contributed by atoms with Crippen LogP contribution in [0.5, 0.6) is 11.5 Å². The highest BCUT2D eigenvalue weighted by molar-refractivity contribution is 6.30. The summed E-state index contributed by atoms with van der Waals surface area (Å²) in [6.45, 7) is 4.14. The minimum atomic E-state index is -0.106. The van der Waals surface area contributed by atoms with Crippen molar-refractivity contribution in [2.24, 2.45) is 0 Å². The lowest BCUT2D eigenvalue weighted by Gasteiger charge is -2.34. The third kappa shape index (κ3) is 6.37. The van der Waals surface area contributed by atoms with E-state index >= 15 is 0 Å². The van der Waals surface area contributed by atoms with Crippen LogP contribution in [0.4, 0.5) is 0 Å². The van der Waals surface area contributed by atoms with E-state index in [2.05, 4.69) is 10.2 Å². The van der Waals surface area contributed by atoms with Crippen molar-refractivity contribution in [3.05, 3.63) is 59.1 Å². The molecule has 2 amide bonds. The van der Waals surface area contributed by atoms with Gasteiger partial charge in [-0.05, 0) is 48.5 Å². The Morgan fingerprint density at radius 3 is 2.23 bits per heavy atom. The number of nitrogens with zero attached hydrogens (tertiary/aromatic N) is 2. The van der Waals surface area contributed by atoms with Crippen LogP contribution in [0.2, 0.25) is 5.02 Å². The molecule has 1 heterocycles. The van der Waals surface area contributed by atoms with Crippen LogP contribution in [-0.4, -0.2) is 74.6 Å². The van der Waals surface area contributed by atoms with Crippen molar-refractivity contribution in [3.8, 4) is 11.5 Å². The van der Waals surface area contributed by atoms with E-state index in [1.165, 1.54) is 0 Å². The summed E-state index contributed by atoms with van der Waals surface area (Å²) < 4.78 is 10.6. The maximum Gasteiger partial charge on any atom is 0.260 e. The molecule has 1 fully saturated rings. The van der Waals surface area contributed by atoms with Gasteiger partial charge in [0, 0.05) is 49.9 Å². The Hall–Kier alpha value is -2.77. The SMILES string of the molecule is COc1ccc(C(=O)NCCN2CCN(C(=O)COc3ccc(Cl)cc3)CC2)cc1. The number of methoxy groups -OCH3 is 1. The van der Waals surface area contributed by atoms with Gasteiger partial charge in [0.1, 0.15) is 11.5 Å². The summed E-state index contributed by atoms with van der Waals surface area (Å²) in [5.41, 5.74) is 0.604. The van der Waals surface area contributed by atoms with Crippen LogP contribution >= 0.6 is 11.6 Å². The monoisotopic (exact) mass is 431 g/mol. The van der Waals surface area contributed by atoms with Gasteiger partial charge in [0.25, 0.3) is 11.8 Å². The van der Waals surface area contributed by atoms with E-state index in [1.54, 1.807) is 55.6 Å². The van der Waals surface area contributed by atoms with Crippen molar-refractivity contribution in [1.82, 2.24) is 15.1 Å². The van der Waals surface area contributed by atoms with Crippen LogP contribution in [0.1, 0.15) is 10.4 Å². The summed E-state index contributed by atoms with van der Waals surface area (Å²) in [6, 6.07) is 14.0. The van der Waals surface area contributed by atoms with Crippen molar-refractivity contribution in [2.75, 3.05) is 53.0 Å². The molecular weight excluding hydrogens is 406 g/mol. The minimum absolute atomic E-state index is 0.0134.